The molecule has 0 unspecified atom stereocenters. The summed E-state index contributed by atoms with van der Waals surface area (Å²) in [6.07, 6.45) is 5.48. The summed E-state index contributed by atoms with van der Waals surface area (Å²) >= 11 is 5.98. The Labute approximate surface area is 158 Å². The molecule has 0 bridgehead atoms. The number of amides is 2. The number of nitrogens with one attached hydrogen (secondary N) is 2. The van der Waals surface area contributed by atoms with E-state index in [1.165, 1.54) is 19.3 Å². The van der Waals surface area contributed by atoms with E-state index in [0.717, 1.165) is 24.5 Å². The zero-order valence-electron chi connectivity index (χ0n) is 14.8. The molecule has 138 valence electrons. The zero-order chi connectivity index (χ0) is 18.4. The number of carbonyl (C=O) groups is 1. The highest BCUT2D eigenvalue weighted by Gasteiger charge is 2.13. The normalized spacial score (nSPS) is 14.0. The lowest BCUT2D eigenvalue weighted by atomic mass is 10.1. The maximum Gasteiger partial charge on any atom is 0.319 e. The minimum Gasteiger partial charge on any atom is -0.495 e. The lowest BCUT2D eigenvalue weighted by Crippen LogP contribution is -2.31. The van der Waals surface area contributed by atoms with E-state index in [1.807, 2.05) is 12.1 Å². The van der Waals surface area contributed by atoms with Gasteiger partial charge in [-0.2, -0.15) is 0 Å². The average Bonchev–Trinajstić information content (AvgIpc) is 2.67. The first-order chi connectivity index (χ1) is 12.7. The van der Waals surface area contributed by atoms with Crippen LogP contribution in [0.25, 0.3) is 0 Å². The van der Waals surface area contributed by atoms with E-state index in [2.05, 4.69) is 20.5 Å². The van der Waals surface area contributed by atoms with Gasteiger partial charge in [0, 0.05) is 30.9 Å². The fraction of sp³-hybridized carbons (Fsp3) is 0.368. The van der Waals surface area contributed by atoms with Gasteiger partial charge in [0.15, 0.2) is 0 Å². The molecule has 2 heterocycles. The molecular formula is C19H23ClN4O2. The number of rotatable bonds is 5. The van der Waals surface area contributed by atoms with Gasteiger partial charge in [-0.3, -0.25) is 0 Å². The lowest BCUT2D eigenvalue weighted by molar-refractivity contribution is 0.251. The predicted molar refractivity (Wildman–Crippen MR) is 104 cm³/mol. The standard InChI is InChI=1S/C19H23ClN4O2/c1-26-17-6-5-15(20)12-16(17)23-19(25)22-13-14-7-8-21-18(11-14)24-9-3-2-4-10-24/h5-8,11-12H,2-4,9-10,13H2,1H3,(H2,22,23,25). The molecule has 0 radical (unpaired) electrons. The first-order valence-electron chi connectivity index (χ1n) is 8.74. The molecule has 2 amide bonds. The first kappa shape index (κ1) is 18.3. The molecule has 3 rings (SSSR count). The average molecular weight is 375 g/mol. The van der Waals surface area contributed by atoms with Crippen LogP contribution in [0.4, 0.5) is 16.3 Å². The second kappa shape index (κ2) is 8.76. The third-order valence-electron chi connectivity index (χ3n) is 4.35. The van der Waals surface area contributed by atoms with E-state index in [9.17, 15) is 4.79 Å². The SMILES string of the molecule is COc1ccc(Cl)cc1NC(=O)NCc1ccnc(N2CCCCC2)c1. The summed E-state index contributed by atoms with van der Waals surface area (Å²) < 4.78 is 5.23. The summed E-state index contributed by atoms with van der Waals surface area (Å²) in [6.45, 7) is 2.50. The Hall–Kier alpha value is -2.47. The number of pyridine rings is 1. The largest absolute Gasteiger partial charge is 0.495 e. The number of anilines is 2. The van der Waals surface area contributed by atoms with Crippen molar-refractivity contribution in [1.29, 1.82) is 0 Å². The van der Waals surface area contributed by atoms with Crippen LogP contribution >= 0.6 is 11.6 Å². The number of urea groups is 1. The van der Waals surface area contributed by atoms with Gasteiger partial charge in [0.25, 0.3) is 0 Å². The predicted octanol–water partition coefficient (Wildman–Crippen LogP) is 4.06. The second-order valence-corrected chi connectivity index (χ2v) is 6.66. The van der Waals surface area contributed by atoms with Crippen LogP contribution in [0.1, 0.15) is 24.8 Å². The number of hydrogen-bond acceptors (Lipinski definition) is 4. The van der Waals surface area contributed by atoms with Gasteiger partial charge in [-0.1, -0.05) is 11.6 Å². The van der Waals surface area contributed by atoms with Crippen molar-refractivity contribution in [1.82, 2.24) is 10.3 Å². The third-order valence-corrected chi connectivity index (χ3v) is 4.59. The Morgan fingerprint density at radius 3 is 2.81 bits per heavy atom. The van der Waals surface area contributed by atoms with Gasteiger partial charge < -0.3 is 20.3 Å². The van der Waals surface area contributed by atoms with Crippen LogP contribution in [0.3, 0.4) is 0 Å². The molecule has 0 atom stereocenters. The van der Waals surface area contributed by atoms with Gasteiger partial charge in [-0.25, -0.2) is 9.78 Å². The molecule has 1 aliphatic heterocycles. The summed E-state index contributed by atoms with van der Waals surface area (Å²) in [6, 6.07) is 8.70. The second-order valence-electron chi connectivity index (χ2n) is 6.22. The fourth-order valence-corrected chi connectivity index (χ4v) is 3.17. The molecule has 0 spiro atoms. The molecule has 0 aliphatic carbocycles. The summed E-state index contributed by atoms with van der Waals surface area (Å²) in [5.74, 6) is 1.53. The molecule has 7 heteroatoms. The van der Waals surface area contributed by atoms with Crippen molar-refractivity contribution in [2.24, 2.45) is 0 Å². The zero-order valence-corrected chi connectivity index (χ0v) is 15.6. The third kappa shape index (κ3) is 4.79. The van der Waals surface area contributed by atoms with E-state index in [0.29, 0.717) is 23.0 Å². The molecule has 1 fully saturated rings. The molecular weight excluding hydrogens is 352 g/mol. The summed E-state index contributed by atoms with van der Waals surface area (Å²) in [7, 11) is 1.55. The van der Waals surface area contributed by atoms with Crippen molar-refractivity contribution in [2.45, 2.75) is 25.8 Å². The molecule has 2 aromatic rings. The number of nitrogens with zero attached hydrogens (tertiary/aromatic N) is 2. The topological polar surface area (TPSA) is 66.5 Å². The van der Waals surface area contributed by atoms with Crippen molar-refractivity contribution < 1.29 is 9.53 Å². The van der Waals surface area contributed by atoms with Crippen LogP contribution in [0.2, 0.25) is 5.02 Å². The molecule has 1 aliphatic rings. The number of methoxy groups -OCH3 is 1. The van der Waals surface area contributed by atoms with Crippen molar-refractivity contribution in [3.05, 3.63) is 47.1 Å². The van der Waals surface area contributed by atoms with Crippen LogP contribution in [-0.2, 0) is 6.54 Å². The van der Waals surface area contributed by atoms with Crippen molar-refractivity contribution >= 4 is 29.1 Å². The molecule has 2 N–H and O–H groups in total. The molecule has 0 saturated carbocycles. The summed E-state index contributed by atoms with van der Waals surface area (Å²) in [5, 5.41) is 6.15. The lowest BCUT2D eigenvalue weighted by Gasteiger charge is -2.27. The Morgan fingerprint density at radius 1 is 1.23 bits per heavy atom. The number of carbonyl (C=O) groups excluding carboxylic acids is 1. The summed E-state index contributed by atoms with van der Waals surface area (Å²) in [4.78, 5) is 19.0. The van der Waals surface area contributed by atoms with E-state index in [-0.39, 0.29) is 6.03 Å². The molecule has 1 saturated heterocycles. The Morgan fingerprint density at radius 2 is 2.04 bits per heavy atom. The minimum absolute atomic E-state index is 0.318. The maximum atomic E-state index is 12.2. The monoisotopic (exact) mass is 374 g/mol. The van der Waals surface area contributed by atoms with Crippen LogP contribution < -0.4 is 20.3 Å². The highest BCUT2D eigenvalue weighted by Crippen LogP contribution is 2.27. The quantitative estimate of drug-likeness (QED) is 0.828. The number of halogens is 1. The van der Waals surface area contributed by atoms with Crippen LogP contribution in [0, 0.1) is 0 Å². The van der Waals surface area contributed by atoms with E-state index < -0.39 is 0 Å². The Balaban J connectivity index is 1.58. The van der Waals surface area contributed by atoms with Gasteiger partial charge in [0.2, 0.25) is 0 Å². The van der Waals surface area contributed by atoms with E-state index in [4.69, 9.17) is 16.3 Å². The van der Waals surface area contributed by atoms with Gasteiger partial charge >= 0.3 is 6.03 Å². The Kier molecular flexibility index (Phi) is 6.17. The number of piperidine rings is 1. The van der Waals surface area contributed by atoms with Crippen LogP contribution in [-0.4, -0.2) is 31.2 Å². The highest BCUT2D eigenvalue weighted by molar-refractivity contribution is 6.31. The van der Waals surface area contributed by atoms with Gasteiger partial charge in [-0.15, -0.1) is 0 Å². The maximum absolute atomic E-state index is 12.2. The first-order valence-corrected chi connectivity index (χ1v) is 9.12. The number of benzene rings is 1. The van der Waals surface area contributed by atoms with Gasteiger partial charge in [0.1, 0.15) is 11.6 Å². The fourth-order valence-electron chi connectivity index (χ4n) is 2.99. The van der Waals surface area contributed by atoms with Crippen molar-refractivity contribution in [3.8, 4) is 5.75 Å². The van der Waals surface area contributed by atoms with Crippen LogP contribution in [0.15, 0.2) is 36.5 Å². The summed E-state index contributed by atoms with van der Waals surface area (Å²) in [5.41, 5.74) is 1.54. The van der Waals surface area contributed by atoms with Crippen LogP contribution in [0.5, 0.6) is 5.75 Å². The molecule has 1 aromatic carbocycles. The smallest absolute Gasteiger partial charge is 0.319 e. The van der Waals surface area contributed by atoms with Crippen molar-refractivity contribution in [3.63, 3.8) is 0 Å². The van der Waals surface area contributed by atoms with Gasteiger partial charge in [-0.05, 0) is 55.2 Å². The van der Waals surface area contributed by atoms with E-state index >= 15 is 0 Å². The minimum atomic E-state index is -0.318. The number of hydrogen-bond donors (Lipinski definition) is 2. The number of ether oxygens (including phenoxy) is 1. The Bertz CT molecular complexity index is 763. The highest BCUT2D eigenvalue weighted by atomic mass is 35.5. The van der Waals surface area contributed by atoms with E-state index in [1.54, 1.807) is 31.5 Å². The molecule has 6 nitrogen and oxygen atoms in total. The molecule has 1 aromatic heterocycles. The van der Waals surface area contributed by atoms with Gasteiger partial charge in [0.05, 0.1) is 12.8 Å². The molecule has 26 heavy (non-hydrogen) atoms. The number of aromatic nitrogens is 1. The van der Waals surface area contributed by atoms with Crippen molar-refractivity contribution in [2.75, 3.05) is 30.4 Å².